The van der Waals surface area contributed by atoms with Crippen LogP contribution in [0, 0.1) is 0 Å². The van der Waals surface area contributed by atoms with Crippen LogP contribution in [-0.4, -0.2) is 19.7 Å². The van der Waals surface area contributed by atoms with E-state index in [4.69, 9.17) is 0 Å². The van der Waals surface area contributed by atoms with Gasteiger partial charge in [-0.05, 0) is 24.0 Å². The highest BCUT2D eigenvalue weighted by atomic mass is 15.2. The molecule has 0 N–H and O–H groups in total. The first-order valence-electron chi connectivity index (χ1n) is 4.56. The molecule has 0 aliphatic heterocycles. The number of rotatable bonds is 3. The van der Waals surface area contributed by atoms with Gasteiger partial charge in [0.05, 0.1) is 6.20 Å². The number of nitrogens with zero attached hydrogens (tertiary/aromatic N) is 4. The monoisotopic (exact) mass is 188 g/mol. The van der Waals surface area contributed by atoms with Crippen molar-refractivity contribution in [3.63, 3.8) is 0 Å². The van der Waals surface area contributed by atoms with Gasteiger partial charge in [-0.25, -0.2) is 9.97 Å². The molecule has 0 saturated carbocycles. The van der Waals surface area contributed by atoms with Gasteiger partial charge in [0, 0.05) is 25.6 Å². The quantitative estimate of drug-likeness (QED) is 0.721. The molecule has 0 spiro atoms. The van der Waals surface area contributed by atoms with Crippen LogP contribution in [0.3, 0.4) is 0 Å². The molecule has 2 aromatic heterocycles. The summed E-state index contributed by atoms with van der Waals surface area (Å²) in [6, 6.07) is 0. The highest BCUT2D eigenvalue weighted by Crippen LogP contribution is 2.03. The van der Waals surface area contributed by atoms with E-state index in [1.807, 2.05) is 36.5 Å². The minimum absolute atomic E-state index is 0.965. The zero-order valence-corrected chi connectivity index (χ0v) is 8.09. The Hall–Kier alpha value is -1.71. The molecular weight excluding hydrogens is 176 g/mol. The maximum absolute atomic E-state index is 4.11. The second-order valence-corrected chi connectivity index (χ2v) is 3.27. The predicted octanol–water partition coefficient (Wildman–Crippen LogP) is 0.995. The largest absolute Gasteiger partial charge is 0.276 e. The van der Waals surface area contributed by atoms with Crippen molar-refractivity contribution in [1.29, 1.82) is 0 Å². The maximum atomic E-state index is 4.11. The van der Waals surface area contributed by atoms with Crippen molar-refractivity contribution in [2.75, 3.05) is 0 Å². The van der Waals surface area contributed by atoms with Gasteiger partial charge in [-0.15, -0.1) is 0 Å². The molecule has 2 heterocycles. The molecule has 2 aromatic rings. The zero-order valence-electron chi connectivity index (χ0n) is 8.09. The van der Waals surface area contributed by atoms with E-state index >= 15 is 0 Å². The molecule has 4 heteroatoms. The molecule has 0 aromatic carbocycles. The summed E-state index contributed by atoms with van der Waals surface area (Å²) in [5.74, 6) is 0. The summed E-state index contributed by atoms with van der Waals surface area (Å²) in [5, 5.41) is 4.11. The molecule has 4 nitrogen and oxygen atoms in total. The van der Waals surface area contributed by atoms with E-state index in [0.29, 0.717) is 0 Å². The SMILES string of the molecule is Cn1cc(CCc2cncnc2)cn1. The van der Waals surface area contributed by atoms with Crippen LogP contribution in [0.25, 0.3) is 0 Å². The van der Waals surface area contributed by atoms with Gasteiger partial charge in [0.1, 0.15) is 6.33 Å². The van der Waals surface area contributed by atoms with E-state index in [1.165, 1.54) is 5.56 Å². The van der Waals surface area contributed by atoms with Crippen LogP contribution in [0.1, 0.15) is 11.1 Å². The van der Waals surface area contributed by atoms with E-state index < -0.39 is 0 Å². The molecule has 0 bridgehead atoms. The van der Waals surface area contributed by atoms with E-state index in [0.717, 1.165) is 18.4 Å². The summed E-state index contributed by atoms with van der Waals surface area (Å²) in [7, 11) is 1.93. The smallest absolute Gasteiger partial charge is 0.115 e. The van der Waals surface area contributed by atoms with Crippen molar-refractivity contribution in [3.8, 4) is 0 Å². The second kappa shape index (κ2) is 4.00. The van der Waals surface area contributed by atoms with Crippen LogP contribution in [0.2, 0.25) is 0 Å². The fraction of sp³-hybridized carbons (Fsp3) is 0.300. The predicted molar refractivity (Wildman–Crippen MR) is 52.6 cm³/mol. The van der Waals surface area contributed by atoms with E-state index in [9.17, 15) is 0 Å². The molecule has 2 rings (SSSR count). The fourth-order valence-electron chi connectivity index (χ4n) is 1.35. The summed E-state index contributed by atoms with van der Waals surface area (Å²) >= 11 is 0. The lowest BCUT2D eigenvalue weighted by Gasteiger charge is -1.96. The van der Waals surface area contributed by atoms with Gasteiger partial charge < -0.3 is 0 Å². The van der Waals surface area contributed by atoms with E-state index in [1.54, 1.807) is 6.33 Å². The first kappa shape index (κ1) is 8.87. The van der Waals surface area contributed by atoms with Crippen molar-refractivity contribution >= 4 is 0 Å². The molecule has 0 saturated heterocycles. The number of aryl methyl sites for hydroxylation is 3. The van der Waals surface area contributed by atoms with Gasteiger partial charge in [-0.1, -0.05) is 0 Å². The molecule has 0 aliphatic rings. The van der Waals surface area contributed by atoms with E-state index in [-0.39, 0.29) is 0 Å². The number of hydrogen-bond acceptors (Lipinski definition) is 3. The molecule has 0 aliphatic carbocycles. The average molecular weight is 188 g/mol. The second-order valence-electron chi connectivity index (χ2n) is 3.27. The lowest BCUT2D eigenvalue weighted by molar-refractivity contribution is 0.766. The molecule has 0 atom stereocenters. The summed E-state index contributed by atoms with van der Waals surface area (Å²) in [5.41, 5.74) is 2.41. The van der Waals surface area contributed by atoms with Crippen molar-refractivity contribution in [3.05, 3.63) is 42.2 Å². The summed E-state index contributed by atoms with van der Waals surface area (Å²) in [6.07, 6.45) is 11.1. The minimum Gasteiger partial charge on any atom is -0.276 e. The fourth-order valence-corrected chi connectivity index (χ4v) is 1.35. The third-order valence-electron chi connectivity index (χ3n) is 2.07. The molecular formula is C10H12N4. The van der Waals surface area contributed by atoms with Gasteiger partial charge in [0.25, 0.3) is 0 Å². The number of hydrogen-bond donors (Lipinski definition) is 0. The average Bonchev–Trinajstić information content (AvgIpc) is 2.63. The van der Waals surface area contributed by atoms with Gasteiger partial charge in [0.2, 0.25) is 0 Å². The summed E-state index contributed by atoms with van der Waals surface area (Å²) in [4.78, 5) is 7.94. The van der Waals surface area contributed by atoms with Gasteiger partial charge in [-0.2, -0.15) is 5.10 Å². The first-order valence-corrected chi connectivity index (χ1v) is 4.56. The van der Waals surface area contributed by atoms with E-state index in [2.05, 4.69) is 15.1 Å². The zero-order chi connectivity index (χ0) is 9.80. The van der Waals surface area contributed by atoms with Gasteiger partial charge in [0.15, 0.2) is 0 Å². The van der Waals surface area contributed by atoms with Crippen molar-refractivity contribution in [1.82, 2.24) is 19.7 Å². The Morgan fingerprint density at radius 1 is 1.07 bits per heavy atom. The van der Waals surface area contributed by atoms with Crippen LogP contribution < -0.4 is 0 Å². The van der Waals surface area contributed by atoms with Gasteiger partial charge >= 0.3 is 0 Å². The van der Waals surface area contributed by atoms with Crippen LogP contribution in [0.5, 0.6) is 0 Å². The Morgan fingerprint density at radius 2 is 1.79 bits per heavy atom. The molecule has 0 fully saturated rings. The lowest BCUT2D eigenvalue weighted by atomic mass is 10.1. The van der Waals surface area contributed by atoms with Crippen molar-refractivity contribution < 1.29 is 0 Å². The molecule has 0 unspecified atom stereocenters. The van der Waals surface area contributed by atoms with Gasteiger partial charge in [-0.3, -0.25) is 4.68 Å². The summed E-state index contributed by atoms with van der Waals surface area (Å²) < 4.78 is 1.82. The maximum Gasteiger partial charge on any atom is 0.115 e. The Labute approximate surface area is 82.6 Å². The van der Waals surface area contributed by atoms with Crippen molar-refractivity contribution in [2.24, 2.45) is 7.05 Å². The Kier molecular flexibility index (Phi) is 2.53. The topological polar surface area (TPSA) is 43.6 Å². The minimum atomic E-state index is 0.965. The Bertz CT molecular complexity index is 394. The van der Waals surface area contributed by atoms with Crippen LogP contribution in [0.15, 0.2) is 31.1 Å². The third-order valence-corrected chi connectivity index (χ3v) is 2.07. The van der Waals surface area contributed by atoms with Crippen LogP contribution >= 0.6 is 0 Å². The van der Waals surface area contributed by atoms with Crippen molar-refractivity contribution in [2.45, 2.75) is 12.8 Å². The van der Waals surface area contributed by atoms with Crippen LogP contribution in [0.4, 0.5) is 0 Å². The number of aromatic nitrogens is 4. The molecule has 0 radical (unpaired) electrons. The summed E-state index contributed by atoms with van der Waals surface area (Å²) in [6.45, 7) is 0. The first-order chi connectivity index (χ1) is 6.84. The Balaban J connectivity index is 1.95. The normalized spacial score (nSPS) is 10.4. The molecule has 72 valence electrons. The Morgan fingerprint density at radius 3 is 2.43 bits per heavy atom. The highest BCUT2D eigenvalue weighted by Gasteiger charge is 1.97. The standard InChI is InChI=1S/C10H12N4/c1-14-7-10(6-13-14)3-2-9-4-11-8-12-5-9/h4-8H,2-3H2,1H3. The third kappa shape index (κ3) is 2.16. The molecule has 0 amide bonds. The molecule has 14 heavy (non-hydrogen) atoms. The lowest BCUT2D eigenvalue weighted by Crippen LogP contribution is -1.91. The highest BCUT2D eigenvalue weighted by molar-refractivity contribution is 5.09. The van der Waals surface area contributed by atoms with Crippen LogP contribution in [-0.2, 0) is 19.9 Å².